The molecular formula is C19H13Cl2N7OS. The van der Waals surface area contributed by atoms with Crippen LogP contribution in [0.3, 0.4) is 0 Å². The molecule has 0 aliphatic rings. The maximum absolute atomic E-state index is 9.08. The van der Waals surface area contributed by atoms with Gasteiger partial charge in [0, 0.05) is 24.4 Å². The standard InChI is InChI=1S/C19H13Cl2N7OS/c20-11-5-10(8-22)6-12(21)16(11)19-27-13-1-2-24-18(17(13)30-19)28-15-7-14(23-3-4-29)25-9-26-15/h1-2,5-7,9,29H,3-4H2,(H2,23,24,25,26,28). The van der Waals surface area contributed by atoms with Crippen molar-refractivity contribution in [3.05, 3.63) is 52.4 Å². The second kappa shape index (κ2) is 8.77. The molecule has 0 unspecified atom stereocenters. The molecule has 0 fully saturated rings. The SMILES string of the molecule is N#Cc1cc(Cl)c(-c2nc3ccnc(Nc4cc(NCCO)ncn4)c3s2)c(Cl)c1. The van der Waals surface area contributed by atoms with Gasteiger partial charge in [-0.2, -0.15) is 5.26 Å². The molecule has 0 spiro atoms. The van der Waals surface area contributed by atoms with E-state index in [9.17, 15) is 0 Å². The van der Waals surface area contributed by atoms with E-state index in [0.717, 1.165) is 10.2 Å². The molecule has 0 aliphatic heterocycles. The van der Waals surface area contributed by atoms with Crippen molar-refractivity contribution in [1.29, 1.82) is 5.26 Å². The fraction of sp³-hybridized carbons (Fsp3) is 0.105. The van der Waals surface area contributed by atoms with Crippen LogP contribution in [0.2, 0.25) is 10.0 Å². The third-order valence-corrected chi connectivity index (χ3v) is 5.71. The first-order valence-electron chi connectivity index (χ1n) is 8.68. The minimum Gasteiger partial charge on any atom is -0.395 e. The van der Waals surface area contributed by atoms with Crippen molar-refractivity contribution in [2.45, 2.75) is 0 Å². The van der Waals surface area contributed by atoms with Crippen molar-refractivity contribution in [2.24, 2.45) is 0 Å². The molecular weight excluding hydrogens is 445 g/mol. The lowest BCUT2D eigenvalue weighted by molar-refractivity contribution is 0.311. The molecule has 11 heteroatoms. The number of hydrogen-bond donors (Lipinski definition) is 3. The number of halogens is 2. The van der Waals surface area contributed by atoms with Gasteiger partial charge in [-0.25, -0.2) is 19.9 Å². The van der Waals surface area contributed by atoms with Crippen LogP contribution in [-0.2, 0) is 0 Å². The van der Waals surface area contributed by atoms with E-state index in [1.54, 1.807) is 30.5 Å². The van der Waals surface area contributed by atoms with Crippen molar-refractivity contribution in [3.8, 4) is 16.6 Å². The highest BCUT2D eigenvalue weighted by molar-refractivity contribution is 7.22. The number of aromatic nitrogens is 4. The lowest BCUT2D eigenvalue weighted by Crippen LogP contribution is -2.07. The maximum Gasteiger partial charge on any atom is 0.151 e. The number of fused-ring (bicyclic) bond motifs is 1. The summed E-state index contributed by atoms with van der Waals surface area (Å²) in [6, 6.07) is 8.66. The number of pyridine rings is 1. The average Bonchev–Trinajstić information content (AvgIpc) is 3.16. The predicted molar refractivity (Wildman–Crippen MR) is 118 cm³/mol. The lowest BCUT2D eigenvalue weighted by Gasteiger charge is -2.07. The number of aliphatic hydroxyl groups is 1. The van der Waals surface area contributed by atoms with E-state index in [-0.39, 0.29) is 6.61 Å². The van der Waals surface area contributed by atoms with E-state index in [4.69, 9.17) is 33.6 Å². The van der Waals surface area contributed by atoms with Gasteiger partial charge < -0.3 is 15.7 Å². The smallest absolute Gasteiger partial charge is 0.151 e. The second-order valence-corrected chi connectivity index (χ2v) is 7.83. The van der Waals surface area contributed by atoms with E-state index in [1.807, 2.05) is 6.07 Å². The molecule has 3 aromatic heterocycles. The summed E-state index contributed by atoms with van der Waals surface area (Å²) in [5, 5.41) is 25.5. The first-order valence-corrected chi connectivity index (χ1v) is 10.2. The topological polar surface area (TPSA) is 120 Å². The number of hydrogen-bond acceptors (Lipinski definition) is 9. The van der Waals surface area contributed by atoms with Gasteiger partial charge in [0.15, 0.2) is 5.82 Å². The number of aliphatic hydroxyl groups excluding tert-OH is 1. The molecule has 30 heavy (non-hydrogen) atoms. The fourth-order valence-corrected chi connectivity index (χ4v) is 4.58. The number of nitriles is 1. The summed E-state index contributed by atoms with van der Waals surface area (Å²) in [6.45, 7) is 0.381. The van der Waals surface area contributed by atoms with E-state index in [0.29, 0.717) is 50.2 Å². The molecule has 4 rings (SSSR count). The van der Waals surface area contributed by atoms with E-state index in [1.165, 1.54) is 17.7 Å². The number of rotatable bonds is 6. The number of nitrogens with one attached hydrogen (secondary N) is 2. The van der Waals surface area contributed by atoms with Crippen molar-refractivity contribution >= 4 is 62.2 Å². The summed E-state index contributed by atoms with van der Waals surface area (Å²) in [4.78, 5) is 17.3. The third kappa shape index (κ3) is 4.13. The minimum absolute atomic E-state index is 0.00225. The monoisotopic (exact) mass is 457 g/mol. The summed E-state index contributed by atoms with van der Waals surface area (Å²) in [6.07, 6.45) is 3.05. The zero-order valence-electron chi connectivity index (χ0n) is 15.2. The molecule has 3 N–H and O–H groups in total. The molecule has 3 heterocycles. The van der Waals surface area contributed by atoms with Crippen LogP contribution in [0.1, 0.15) is 5.56 Å². The number of anilines is 3. The first-order chi connectivity index (χ1) is 14.6. The van der Waals surface area contributed by atoms with Crippen molar-refractivity contribution < 1.29 is 5.11 Å². The van der Waals surface area contributed by atoms with Crippen molar-refractivity contribution in [2.75, 3.05) is 23.8 Å². The summed E-state index contributed by atoms with van der Waals surface area (Å²) < 4.78 is 0.799. The van der Waals surface area contributed by atoms with Gasteiger partial charge in [0.05, 0.1) is 38.5 Å². The van der Waals surface area contributed by atoms with Crippen molar-refractivity contribution in [3.63, 3.8) is 0 Å². The Kier molecular flexibility index (Phi) is 5.92. The number of nitrogens with zero attached hydrogens (tertiary/aromatic N) is 5. The van der Waals surface area contributed by atoms with Gasteiger partial charge in [-0.1, -0.05) is 23.2 Å². The summed E-state index contributed by atoms with van der Waals surface area (Å²) >= 11 is 14.1. The zero-order valence-corrected chi connectivity index (χ0v) is 17.6. The van der Waals surface area contributed by atoms with Crippen molar-refractivity contribution in [1.82, 2.24) is 19.9 Å². The normalized spacial score (nSPS) is 10.7. The Morgan fingerprint density at radius 3 is 2.60 bits per heavy atom. The molecule has 0 amide bonds. The van der Waals surface area contributed by atoms with Gasteiger partial charge in [0.1, 0.15) is 23.0 Å². The quantitative estimate of drug-likeness (QED) is 0.387. The zero-order chi connectivity index (χ0) is 21.1. The molecule has 0 radical (unpaired) electrons. The van der Waals surface area contributed by atoms with Gasteiger partial charge in [0.2, 0.25) is 0 Å². The van der Waals surface area contributed by atoms with Gasteiger partial charge in [-0.15, -0.1) is 11.3 Å². The Morgan fingerprint density at radius 1 is 1.10 bits per heavy atom. The van der Waals surface area contributed by atoms with Crippen LogP contribution in [-0.4, -0.2) is 38.2 Å². The highest BCUT2D eigenvalue weighted by Gasteiger charge is 2.17. The van der Waals surface area contributed by atoms with Gasteiger partial charge in [-0.3, -0.25) is 0 Å². The number of benzene rings is 1. The predicted octanol–water partition coefficient (Wildman–Crippen LogP) is 4.47. The number of thiazole rings is 1. The van der Waals surface area contributed by atoms with Crippen LogP contribution in [0.25, 0.3) is 20.8 Å². The Morgan fingerprint density at radius 2 is 1.87 bits per heavy atom. The minimum atomic E-state index is -0.00225. The Labute approximate surface area is 185 Å². The molecule has 0 saturated heterocycles. The van der Waals surface area contributed by atoms with Crippen LogP contribution in [0, 0.1) is 11.3 Å². The van der Waals surface area contributed by atoms with Crippen LogP contribution in [0.4, 0.5) is 17.5 Å². The van der Waals surface area contributed by atoms with E-state index in [2.05, 4.69) is 30.6 Å². The first kappa shape index (κ1) is 20.3. The summed E-state index contributed by atoms with van der Waals surface area (Å²) in [7, 11) is 0. The van der Waals surface area contributed by atoms with E-state index >= 15 is 0 Å². The highest BCUT2D eigenvalue weighted by atomic mass is 35.5. The average molecular weight is 458 g/mol. The Bertz CT molecular complexity index is 1250. The van der Waals surface area contributed by atoms with Gasteiger partial charge in [0.25, 0.3) is 0 Å². The van der Waals surface area contributed by atoms with Gasteiger partial charge >= 0.3 is 0 Å². The van der Waals surface area contributed by atoms with Crippen LogP contribution >= 0.6 is 34.5 Å². The second-order valence-electron chi connectivity index (χ2n) is 6.02. The third-order valence-electron chi connectivity index (χ3n) is 4.02. The molecule has 0 atom stereocenters. The molecule has 0 bridgehead atoms. The summed E-state index contributed by atoms with van der Waals surface area (Å²) in [5.41, 5.74) is 1.67. The van der Waals surface area contributed by atoms with Crippen LogP contribution in [0.15, 0.2) is 36.8 Å². The fourth-order valence-electron chi connectivity index (χ4n) is 2.72. The molecule has 1 aromatic carbocycles. The molecule has 0 aliphatic carbocycles. The van der Waals surface area contributed by atoms with Gasteiger partial charge in [-0.05, 0) is 18.2 Å². The largest absolute Gasteiger partial charge is 0.395 e. The molecule has 150 valence electrons. The Balaban J connectivity index is 1.71. The molecule has 0 saturated carbocycles. The lowest BCUT2D eigenvalue weighted by atomic mass is 10.1. The molecule has 4 aromatic rings. The molecule has 8 nitrogen and oxygen atoms in total. The summed E-state index contributed by atoms with van der Waals surface area (Å²) in [5.74, 6) is 1.69. The Hall–Kier alpha value is -3.03. The van der Waals surface area contributed by atoms with E-state index < -0.39 is 0 Å². The maximum atomic E-state index is 9.08. The van der Waals surface area contributed by atoms with Crippen LogP contribution in [0.5, 0.6) is 0 Å². The highest BCUT2D eigenvalue weighted by Crippen LogP contribution is 2.41. The van der Waals surface area contributed by atoms with Crippen LogP contribution < -0.4 is 10.6 Å².